The van der Waals surface area contributed by atoms with Gasteiger partial charge in [-0.15, -0.1) is 5.10 Å². The van der Waals surface area contributed by atoms with Crippen molar-refractivity contribution in [1.82, 2.24) is 20.1 Å². The molecule has 2 aliphatic rings. The number of nitrogens with zero attached hydrogens (tertiary/aromatic N) is 5. The molecule has 0 bridgehead atoms. The average molecular weight is 531 g/mol. The molecule has 0 spiro atoms. The number of fused-ring (bicyclic) bond motifs is 2. The minimum Gasteiger partial charge on any atom is -0.384 e. The number of piperazine rings is 1. The Morgan fingerprint density at radius 1 is 1.16 bits per heavy atom. The summed E-state index contributed by atoms with van der Waals surface area (Å²) < 4.78 is 50.7. The van der Waals surface area contributed by atoms with E-state index in [0.29, 0.717) is 24.2 Å². The number of alkyl halides is 2. The van der Waals surface area contributed by atoms with E-state index in [-0.39, 0.29) is 5.56 Å². The Morgan fingerprint density at radius 2 is 1.95 bits per heavy atom. The summed E-state index contributed by atoms with van der Waals surface area (Å²) in [5.41, 5.74) is -2.56. The van der Waals surface area contributed by atoms with Crippen molar-refractivity contribution in [2.45, 2.75) is 51.3 Å². The monoisotopic (exact) mass is 530 g/mol. The highest BCUT2D eigenvalue weighted by atomic mass is 19.3. The molecule has 0 aliphatic carbocycles. The number of halogens is 3. The zero-order chi connectivity index (χ0) is 27.2. The molecular weight excluding hydrogens is 497 g/mol. The number of ether oxygens (including phenoxy) is 1. The molecule has 2 fully saturated rings. The first-order valence-electron chi connectivity index (χ1n) is 12.8. The Morgan fingerprint density at radius 3 is 2.71 bits per heavy atom. The van der Waals surface area contributed by atoms with Crippen molar-refractivity contribution >= 4 is 22.4 Å². The van der Waals surface area contributed by atoms with Gasteiger partial charge in [0.2, 0.25) is 0 Å². The van der Waals surface area contributed by atoms with E-state index in [1.54, 1.807) is 13.1 Å². The first kappa shape index (κ1) is 26.6. The average Bonchev–Trinajstić information content (AvgIpc) is 2.89. The van der Waals surface area contributed by atoms with Crippen molar-refractivity contribution in [1.29, 1.82) is 0 Å². The van der Waals surface area contributed by atoms with Crippen LogP contribution < -0.4 is 10.2 Å². The number of aliphatic hydroxyl groups is 1. The predicted octanol–water partition coefficient (Wildman–Crippen LogP) is 4.03. The van der Waals surface area contributed by atoms with Crippen LogP contribution in [0.4, 0.5) is 24.8 Å². The van der Waals surface area contributed by atoms with Crippen LogP contribution in [0.2, 0.25) is 0 Å². The van der Waals surface area contributed by atoms with Gasteiger partial charge in [0.25, 0.3) is 0 Å². The molecule has 0 saturated carbocycles. The predicted molar refractivity (Wildman–Crippen MR) is 139 cm³/mol. The third kappa shape index (κ3) is 4.78. The van der Waals surface area contributed by atoms with Crippen LogP contribution in [0.1, 0.15) is 43.6 Å². The van der Waals surface area contributed by atoms with Gasteiger partial charge < -0.3 is 20.1 Å². The van der Waals surface area contributed by atoms with Gasteiger partial charge in [0.05, 0.1) is 36.6 Å². The van der Waals surface area contributed by atoms with E-state index in [2.05, 4.69) is 30.3 Å². The maximum atomic E-state index is 15.4. The summed E-state index contributed by atoms with van der Waals surface area (Å²) in [5, 5.41) is 23.2. The first-order chi connectivity index (χ1) is 18.0. The Kier molecular flexibility index (Phi) is 6.95. The van der Waals surface area contributed by atoms with Crippen LogP contribution in [0.5, 0.6) is 0 Å². The largest absolute Gasteiger partial charge is 0.384 e. The number of nitrogens with one attached hydrogen (secondary N) is 1. The fourth-order valence-electron chi connectivity index (χ4n) is 5.13. The Hall–Kier alpha value is -3.02. The molecule has 1 aromatic carbocycles. The van der Waals surface area contributed by atoms with Crippen LogP contribution >= 0.6 is 0 Å². The summed E-state index contributed by atoms with van der Waals surface area (Å²) >= 11 is 0. The summed E-state index contributed by atoms with van der Waals surface area (Å²) in [7, 11) is 0. The highest BCUT2D eigenvalue weighted by molar-refractivity contribution is 5.94. The van der Waals surface area contributed by atoms with E-state index < -0.39 is 28.9 Å². The molecule has 2 aromatic heterocycles. The van der Waals surface area contributed by atoms with E-state index in [1.807, 2.05) is 13.0 Å². The Balaban J connectivity index is 1.45. The van der Waals surface area contributed by atoms with Crippen LogP contribution in [-0.4, -0.2) is 76.2 Å². The summed E-state index contributed by atoms with van der Waals surface area (Å²) in [4.78, 5) is 9.35. The smallest absolute Gasteiger partial charge is 0.303 e. The van der Waals surface area contributed by atoms with Gasteiger partial charge in [-0.05, 0) is 39.8 Å². The number of hydrogen-bond acceptors (Lipinski definition) is 8. The van der Waals surface area contributed by atoms with Crippen molar-refractivity contribution in [3.8, 4) is 0 Å². The number of rotatable bonds is 6. The quantitative estimate of drug-likeness (QED) is 0.494. The molecule has 1 unspecified atom stereocenters. The lowest BCUT2D eigenvalue weighted by Crippen LogP contribution is -2.58. The topological polar surface area (TPSA) is 86.6 Å². The van der Waals surface area contributed by atoms with E-state index in [4.69, 9.17) is 4.74 Å². The maximum absolute atomic E-state index is 15.4. The van der Waals surface area contributed by atoms with Crippen molar-refractivity contribution in [2.75, 3.05) is 49.6 Å². The summed E-state index contributed by atoms with van der Waals surface area (Å²) in [5.74, 6) is -3.65. The molecule has 2 atom stereocenters. The minimum absolute atomic E-state index is 0.0321. The molecule has 2 aliphatic heterocycles. The van der Waals surface area contributed by atoms with Gasteiger partial charge in [0.1, 0.15) is 17.2 Å². The lowest BCUT2D eigenvalue weighted by Gasteiger charge is -2.44. The van der Waals surface area contributed by atoms with Crippen molar-refractivity contribution in [2.24, 2.45) is 0 Å². The second kappa shape index (κ2) is 9.94. The fraction of sp³-hybridized carbons (Fsp3) is 0.519. The summed E-state index contributed by atoms with van der Waals surface area (Å²) in [6.07, 6.45) is 1.76. The van der Waals surface area contributed by atoms with E-state index in [0.717, 1.165) is 69.3 Å². The maximum Gasteiger partial charge on any atom is 0.303 e. The number of pyridine rings is 1. The highest BCUT2D eigenvalue weighted by Gasteiger charge is 2.49. The molecule has 0 radical (unpaired) electrons. The normalized spacial score (nSPS) is 19.9. The van der Waals surface area contributed by atoms with Crippen LogP contribution in [0, 0.1) is 12.7 Å². The zero-order valence-electron chi connectivity index (χ0n) is 22.0. The Bertz CT molecular complexity index is 1330. The van der Waals surface area contributed by atoms with Gasteiger partial charge in [-0.3, -0.25) is 4.90 Å². The number of aromatic nitrogens is 3. The van der Waals surface area contributed by atoms with Crippen LogP contribution in [-0.2, 0) is 10.7 Å². The minimum atomic E-state index is -3.78. The molecule has 3 aromatic rings. The third-order valence-corrected chi connectivity index (χ3v) is 7.55. The number of morpholine rings is 1. The summed E-state index contributed by atoms with van der Waals surface area (Å²) in [6.45, 7) is 10.4. The van der Waals surface area contributed by atoms with Crippen molar-refractivity contribution < 1.29 is 23.0 Å². The molecule has 5 rings (SSSR count). The van der Waals surface area contributed by atoms with E-state index in [1.165, 1.54) is 12.1 Å². The standard InChI is InChI=1S/C27H33F3N6O2/c1-16(19-6-5-7-22(24(19)28)27(29,30)26(3,4)37)32-25-20-12-23(31-13-21(20)17(2)33-34-25)36-9-8-35-10-11-38-15-18(35)14-36/h5-7,12-13,16,18,37H,8-11,14-15H2,1-4H3,(H,32,34)/t16-,18?/m1/s1. The van der Waals surface area contributed by atoms with Gasteiger partial charge in [0.15, 0.2) is 5.82 Å². The summed E-state index contributed by atoms with van der Waals surface area (Å²) in [6, 6.07) is 5.34. The molecular formula is C27H33F3N6O2. The third-order valence-electron chi connectivity index (χ3n) is 7.55. The lowest BCUT2D eigenvalue weighted by molar-refractivity contribution is -0.170. The van der Waals surface area contributed by atoms with Crippen LogP contribution in [0.15, 0.2) is 30.5 Å². The SMILES string of the molecule is Cc1nnc(N[C@H](C)c2cccc(C(F)(F)C(C)(C)O)c2F)c2cc(N3CCN4CCOCC4C3)ncc12. The molecule has 11 heteroatoms. The highest BCUT2D eigenvalue weighted by Crippen LogP contribution is 2.41. The second-order valence-corrected chi connectivity index (χ2v) is 10.6. The molecule has 38 heavy (non-hydrogen) atoms. The lowest BCUT2D eigenvalue weighted by atomic mass is 9.91. The van der Waals surface area contributed by atoms with Gasteiger partial charge >= 0.3 is 5.92 Å². The molecule has 204 valence electrons. The molecule has 4 heterocycles. The fourth-order valence-corrected chi connectivity index (χ4v) is 5.13. The number of anilines is 2. The van der Waals surface area contributed by atoms with Gasteiger partial charge in [-0.2, -0.15) is 13.9 Å². The van der Waals surface area contributed by atoms with Crippen LogP contribution in [0.3, 0.4) is 0 Å². The van der Waals surface area contributed by atoms with E-state index >= 15 is 4.39 Å². The zero-order valence-corrected chi connectivity index (χ0v) is 22.0. The van der Waals surface area contributed by atoms with E-state index in [9.17, 15) is 13.9 Å². The van der Waals surface area contributed by atoms with Crippen LogP contribution in [0.25, 0.3) is 10.8 Å². The Labute approximate surface area is 219 Å². The van der Waals surface area contributed by atoms with Gasteiger partial charge in [0, 0.05) is 48.7 Å². The van der Waals surface area contributed by atoms with Crippen molar-refractivity contribution in [3.63, 3.8) is 0 Å². The number of aryl methyl sites for hydroxylation is 1. The molecule has 2 saturated heterocycles. The molecule has 2 N–H and O–H groups in total. The first-order valence-corrected chi connectivity index (χ1v) is 12.8. The molecule has 0 amide bonds. The van der Waals surface area contributed by atoms with Gasteiger partial charge in [-0.25, -0.2) is 9.37 Å². The van der Waals surface area contributed by atoms with Crippen molar-refractivity contribution in [3.05, 3.63) is 53.1 Å². The number of benzene rings is 1. The molecule has 8 nitrogen and oxygen atoms in total. The number of hydrogen-bond donors (Lipinski definition) is 2. The van der Waals surface area contributed by atoms with Gasteiger partial charge in [-0.1, -0.05) is 12.1 Å². The second-order valence-electron chi connectivity index (χ2n) is 10.6.